The molecule has 12 rings (SSSR count). The van der Waals surface area contributed by atoms with Crippen molar-refractivity contribution in [1.82, 2.24) is 0 Å². The standard InChI is InChI=1S/C61H55BN2OS/c1-58(2,3)38-25-30-41(31-26-38)63-49-36-29-40(60(7,8)9)37-48(49)62-47-35-34-46-57(56(47)64(51-21-16-20-50(63)55(51)62)42-32-27-39(28-33-42)59(4,5)6)66-54-24-15-12-19-45(54)61(46)43-17-10-13-22-52(43)65-53-23-14-11-18-44(53)61/h10-37H,1-9H3. The molecule has 0 amide bonds. The lowest BCUT2D eigenvalue weighted by Gasteiger charge is -2.48. The second kappa shape index (κ2) is 14.3. The maximum Gasteiger partial charge on any atom is 0.252 e. The Bertz CT molecular complexity index is 3210. The molecule has 0 aromatic heterocycles. The summed E-state index contributed by atoms with van der Waals surface area (Å²) in [6.45, 7) is 20.8. The van der Waals surface area contributed by atoms with Gasteiger partial charge in [0, 0.05) is 49.4 Å². The number of benzene rings is 8. The lowest BCUT2D eigenvalue weighted by molar-refractivity contribution is 0.431. The minimum Gasteiger partial charge on any atom is -0.457 e. The highest BCUT2D eigenvalue weighted by Gasteiger charge is 2.52. The number of ether oxygens (including phenoxy) is 1. The molecule has 0 saturated carbocycles. The van der Waals surface area contributed by atoms with E-state index in [1.54, 1.807) is 0 Å². The van der Waals surface area contributed by atoms with Gasteiger partial charge in [0.1, 0.15) is 11.5 Å². The zero-order valence-electron chi connectivity index (χ0n) is 39.5. The topological polar surface area (TPSA) is 15.7 Å². The van der Waals surface area contributed by atoms with Gasteiger partial charge in [-0.1, -0.05) is 183 Å². The van der Waals surface area contributed by atoms with Crippen molar-refractivity contribution in [2.75, 3.05) is 9.80 Å². The molecule has 0 atom stereocenters. The van der Waals surface area contributed by atoms with Crippen LogP contribution >= 0.6 is 11.8 Å². The van der Waals surface area contributed by atoms with E-state index in [2.05, 4.69) is 242 Å². The van der Waals surface area contributed by atoms with Crippen LogP contribution in [0.25, 0.3) is 0 Å². The molecule has 0 radical (unpaired) electrons. The highest BCUT2D eigenvalue weighted by atomic mass is 32.2. The van der Waals surface area contributed by atoms with Crippen LogP contribution in [-0.4, -0.2) is 6.71 Å². The molecule has 0 N–H and O–H groups in total. The third kappa shape index (κ3) is 5.91. The van der Waals surface area contributed by atoms with Crippen LogP contribution in [0.4, 0.5) is 34.1 Å². The number of rotatable bonds is 2. The molecule has 324 valence electrons. The third-order valence-electron chi connectivity index (χ3n) is 14.7. The van der Waals surface area contributed by atoms with Gasteiger partial charge in [-0.05, 0) is 121 Å². The fourth-order valence-electron chi connectivity index (χ4n) is 11.3. The van der Waals surface area contributed by atoms with Gasteiger partial charge in [-0.25, -0.2) is 0 Å². The molecule has 0 fully saturated rings. The van der Waals surface area contributed by atoms with E-state index in [4.69, 9.17) is 4.74 Å². The van der Waals surface area contributed by atoms with Crippen molar-refractivity contribution < 1.29 is 4.74 Å². The van der Waals surface area contributed by atoms with Crippen molar-refractivity contribution in [2.45, 2.75) is 93.8 Å². The van der Waals surface area contributed by atoms with Crippen LogP contribution in [0.5, 0.6) is 11.5 Å². The van der Waals surface area contributed by atoms with Gasteiger partial charge in [-0.3, -0.25) is 0 Å². The zero-order valence-corrected chi connectivity index (χ0v) is 40.3. The van der Waals surface area contributed by atoms with Crippen molar-refractivity contribution in [3.05, 3.63) is 209 Å². The van der Waals surface area contributed by atoms with Gasteiger partial charge in [-0.15, -0.1) is 0 Å². The summed E-state index contributed by atoms with van der Waals surface area (Å²) < 4.78 is 6.80. The maximum absolute atomic E-state index is 6.80. The highest BCUT2D eigenvalue weighted by molar-refractivity contribution is 7.99. The van der Waals surface area contributed by atoms with E-state index in [-0.39, 0.29) is 23.0 Å². The Hall–Kier alpha value is -6.43. The smallest absolute Gasteiger partial charge is 0.252 e. The molecule has 4 aliphatic heterocycles. The van der Waals surface area contributed by atoms with Crippen molar-refractivity contribution in [3.63, 3.8) is 0 Å². The summed E-state index contributed by atoms with van der Waals surface area (Å²) in [5.41, 5.74) is 19.5. The molecule has 8 aromatic rings. The van der Waals surface area contributed by atoms with Crippen molar-refractivity contribution in [1.29, 1.82) is 0 Å². The first-order valence-electron chi connectivity index (χ1n) is 23.5. The molecule has 4 aliphatic rings. The summed E-state index contributed by atoms with van der Waals surface area (Å²) in [4.78, 5) is 7.68. The Morgan fingerprint density at radius 2 is 0.955 bits per heavy atom. The molecule has 5 heteroatoms. The van der Waals surface area contributed by atoms with Crippen molar-refractivity contribution >= 4 is 69.0 Å². The Labute approximate surface area is 395 Å². The van der Waals surface area contributed by atoms with Gasteiger partial charge < -0.3 is 14.5 Å². The van der Waals surface area contributed by atoms with Crippen molar-refractivity contribution in [2.24, 2.45) is 0 Å². The van der Waals surface area contributed by atoms with Gasteiger partial charge in [0.2, 0.25) is 0 Å². The lowest BCUT2D eigenvalue weighted by Crippen LogP contribution is -2.61. The molecule has 3 nitrogen and oxygen atoms in total. The van der Waals surface area contributed by atoms with Gasteiger partial charge >= 0.3 is 0 Å². The summed E-state index contributed by atoms with van der Waals surface area (Å²) in [6.07, 6.45) is 0. The Kier molecular flexibility index (Phi) is 8.88. The van der Waals surface area contributed by atoms with Gasteiger partial charge in [0.05, 0.1) is 11.1 Å². The van der Waals surface area contributed by atoms with E-state index in [9.17, 15) is 0 Å². The molecule has 0 bridgehead atoms. The fourth-order valence-corrected chi connectivity index (χ4v) is 12.7. The molecule has 0 unspecified atom stereocenters. The van der Waals surface area contributed by atoms with E-state index in [0.29, 0.717) is 0 Å². The van der Waals surface area contributed by atoms with Crippen LogP contribution in [0.15, 0.2) is 180 Å². The molecule has 66 heavy (non-hydrogen) atoms. The Balaban J connectivity index is 1.20. The van der Waals surface area contributed by atoms with Crippen LogP contribution in [0, 0.1) is 0 Å². The average Bonchev–Trinajstić information content (AvgIpc) is 3.30. The van der Waals surface area contributed by atoms with Crippen LogP contribution in [-0.2, 0) is 21.7 Å². The fraction of sp³-hybridized carbons (Fsp3) is 0.213. The highest BCUT2D eigenvalue weighted by Crippen LogP contribution is 2.63. The minimum absolute atomic E-state index is 0.0157. The SMILES string of the molecule is CC(C)(C)c1ccc(N2c3ccc(C(C)(C)C)cc3B3c4ccc5c(c4N(c4ccc(C(C)(C)C)cc4)c4cccc2c43)Sc2ccccc2C52c3ccccc3Oc3ccccc32)cc1. The first kappa shape index (κ1) is 41.0. The van der Waals surface area contributed by atoms with E-state index in [1.807, 2.05) is 11.8 Å². The van der Waals surface area contributed by atoms with Crippen molar-refractivity contribution in [3.8, 4) is 11.5 Å². The number of anilines is 6. The largest absolute Gasteiger partial charge is 0.457 e. The van der Waals surface area contributed by atoms with E-state index in [0.717, 1.165) is 17.2 Å². The zero-order chi connectivity index (χ0) is 45.5. The normalized spacial score (nSPS) is 15.1. The molecule has 4 heterocycles. The predicted octanol–water partition coefficient (Wildman–Crippen LogP) is 14.6. The Morgan fingerprint density at radius 1 is 0.439 bits per heavy atom. The number of nitrogens with zero attached hydrogens (tertiary/aromatic N) is 2. The van der Waals surface area contributed by atoms with Crippen LogP contribution in [0.1, 0.15) is 101 Å². The van der Waals surface area contributed by atoms with Crippen LogP contribution < -0.4 is 30.9 Å². The van der Waals surface area contributed by atoms with Gasteiger partial charge in [0.25, 0.3) is 6.71 Å². The molecule has 0 aliphatic carbocycles. The van der Waals surface area contributed by atoms with Crippen LogP contribution in [0.2, 0.25) is 0 Å². The quantitative estimate of drug-likeness (QED) is 0.161. The Morgan fingerprint density at radius 3 is 1.55 bits per heavy atom. The maximum atomic E-state index is 6.80. The summed E-state index contributed by atoms with van der Waals surface area (Å²) in [6, 6.07) is 64.5. The molecule has 0 saturated heterocycles. The average molecular weight is 875 g/mol. The molecule has 1 spiro atoms. The summed E-state index contributed by atoms with van der Waals surface area (Å²) >= 11 is 1.93. The van der Waals surface area contributed by atoms with Gasteiger partial charge in [-0.2, -0.15) is 0 Å². The molecular weight excluding hydrogens is 820 g/mol. The third-order valence-corrected chi connectivity index (χ3v) is 15.9. The molecular formula is C61H55BN2OS. The first-order chi connectivity index (χ1) is 31.6. The lowest BCUT2D eigenvalue weighted by atomic mass is 9.33. The number of hydrogen-bond acceptors (Lipinski definition) is 4. The summed E-state index contributed by atoms with van der Waals surface area (Å²) in [7, 11) is 0. The number of para-hydroxylation sites is 2. The van der Waals surface area contributed by atoms with E-state index >= 15 is 0 Å². The monoisotopic (exact) mass is 874 g/mol. The number of fused-ring (bicyclic) bond motifs is 13. The second-order valence-corrected chi connectivity index (χ2v) is 22.8. The van der Waals surface area contributed by atoms with E-state index < -0.39 is 5.41 Å². The van der Waals surface area contributed by atoms with Gasteiger partial charge in [0.15, 0.2) is 0 Å². The second-order valence-electron chi connectivity index (χ2n) is 21.8. The summed E-state index contributed by atoms with van der Waals surface area (Å²) in [5.74, 6) is 1.80. The van der Waals surface area contributed by atoms with E-state index in [1.165, 1.54) is 93.6 Å². The summed E-state index contributed by atoms with van der Waals surface area (Å²) in [5, 5.41) is 0. The number of hydrogen-bond donors (Lipinski definition) is 0. The predicted molar refractivity (Wildman–Crippen MR) is 279 cm³/mol. The molecule has 8 aromatic carbocycles. The minimum atomic E-state index is -0.624. The van der Waals surface area contributed by atoms with Crippen LogP contribution in [0.3, 0.4) is 0 Å². The first-order valence-corrected chi connectivity index (χ1v) is 24.4.